The van der Waals surface area contributed by atoms with Crippen molar-refractivity contribution in [1.29, 1.82) is 0 Å². The van der Waals surface area contributed by atoms with Crippen molar-refractivity contribution in [1.82, 2.24) is 17.6 Å². The van der Waals surface area contributed by atoms with Crippen LogP contribution < -0.4 is 0 Å². The number of hydrogen-bond donors (Lipinski definition) is 0. The maximum Gasteiger partial charge on any atom is 0.174 e. The zero-order valence-electron chi connectivity index (χ0n) is 12.5. The van der Waals surface area contributed by atoms with Gasteiger partial charge in [-0.15, -0.1) is 0 Å². The molecule has 4 nitrogen and oxygen atoms in total. The summed E-state index contributed by atoms with van der Waals surface area (Å²) in [5.41, 5.74) is 0. The van der Waals surface area contributed by atoms with Crippen molar-refractivity contribution in [2.24, 2.45) is 0 Å². The number of nitrogens with zero attached hydrogens (tertiary/aromatic N) is 4. The highest BCUT2D eigenvalue weighted by molar-refractivity contribution is 6.83. The minimum Gasteiger partial charge on any atom is -0.339 e. The summed E-state index contributed by atoms with van der Waals surface area (Å²) >= 11 is 0. The quantitative estimate of drug-likeness (QED) is 0.609. The fourth-order valence-electron chi connectivity index (χ4n) is 1.74. The van der Waals surface area contributed by atoms with Crippen molar-refractivity contribution in [3.8, 4) is 0 Å². The summed E-state index contributed by atoms with van der Waals surface area (Å²) in [6.07, 6.45) is 0. The van der Waals surface area contributed by atoms with Crippen LogP contribution in [0, 0.1) is 0 Å². The zero-order valence-corrected chi connectivity index (χ0v) is 16.0. The topological polar surface area (TPSA) is 13.0 Å². The summed E-state index contributed by atoms with van der Waals surface area (Å²) in [5, 5.41) is 0. The SMILES string of the molecule is CN(C)[SiH](C)N([SiH](C)N(C)C)[SiH](C)N(C)C. The third-order valence-electron chi connectivity index (χ3n) is 3.54. The molecule has 0 aliphatic carbocycles. The summed E-state index contributed by atoms with van der Waals surface area (Å²) in [4.78, 5) is 0. The Bertz CT molecular complexity index is 168. The van der Waals surface area contributed by atoms with Gasteiger partial charge in [0.2, 0.25) is 0 Å². The van der Waals surface area contributed by atoms with Gasteiger partial charge in [0.05, 0.1) is 0 Å². The Morgan fingerprint density at radius 3 is 0.812 bits per heavy atom. The Morgan fingerprint density at radius 1 is 0.500 bits per heavy atom. The smallest absolute Gasteiger partial charge is 0.174 e. The molecule has 0 bridgehead atoms. The van der Waals surface area contributed by atoms with Crippen molar-refractivity contribution in [3.05, 3.63) is 0 Å². The molecule has 0 radical (unpaired) electrons. The average molecular weight is 279 g/mol. The molecule has 0 N–H and O–H groups in total. The van der Waals surface area contributed by atoms with Crippen LogP contribution in [0.5, 0.6) is 0 Å². The predicted octanol–water partition coefficient (Wildman–Crippen LogP) is -0.476. The second-order valence-corrected chi connectivity index (χ2v) is 15.7. The lowest BCUT2D eigenvalue weighted by molar-refractivity contribution is 0.533. The molecule has 7 heteroatoms. The van der Waals surface area contributed by atoms with Gasteiger partial charge in [0.15, 0.2) is 27.4 Å². The largest absolute Gasteiger partial charge is 0.339 e. The van der Waals surface area contributed by atoms with Crippen LogP contribution in [0.1, 0.15) is 0 Å². The standard InChI is InChI=1S/C9H30N4Si3/c1-10(2)14(7)13(15(8)11(3)4)16(9)12(5)6/h14-16H,1-9H3. The Morgan fingerprint density at radius 2 is 0.688 bits per heavy atom. The van der Waals surface area contributed by atoms with E-state index in [0.29, 0.717) is 0 Å². The van der Waals surface area contributed by atoms with Crippen molar-refractivity contribution >= 4 is 27.4 Å². The lowest BCUT2D eigenvalue weighted by atomic mass is 11.3. The second-order valence-electron chi connectivity index (χ2n) is 5.23. The van der Waals surface area contributed by atoms with Crippen LogP contribution in [0.15, 0.2) is 0 Å². The van der Waals surface area contributed by atoms with E-state index in [4.69, 9.17) is 0 Å². The fourth-order valence-corrected chi connectivity index (χ4v) is 15.6. The van der Waals surface area contributed by atoms with E-state index in [9.17, 15) is 0 Å². The molecule has 0 fully saturated rings. The van der Waals surface area contributed by atoms with Gasteiger partial charge in [0.25, 0.3) is 0 Å². The molecular weight excluding hydrogens is 248 g/mol. The van der Waals surface area contributed by atoms with Crippen LogP contribution in [0.25, 0.3) is 0 Å². The molecule has 0 aliphatic heterocycles. The van der Waals surface area contributed by atoms with E-state index in [0.717, 1.165) is 0 Å². The zero-order chi connectivity index (χ0) is 13.0. The molecule has 16 heavy (non-hydrogen) atoms. The van der Waals surface area contributed by atoms with Crippen LogP contribution in [-0.2, 0) is 0 Å². The van der Waals surface area contributed by atoms with Crippen molar-refractivity contribution in [2.75, 3.05) is 42.3 Å². The van der Waals surface area contributed by atoms with E-state index in [1.165, 1.54) is 0 Å². The molecule has 0 saturated heterocycles. The Hall–Kier alpha value is 0.491. The molecule has 0 aromatic rings. The highest BCUT2D eigenvalue weighted by Gasteiger charge is 2.31. The molecule has 0 saturated carbocycles. The maximum atomic E-state index is 2.92. The molecule has 0 heterocycles. The van der Waals surface area contributed by atoms with Crippen LogP contribution >= 0.6 is 0 Å². The highest BCUT2D eigenvalue weighted by Crippen LogP contribution is 2.08. The number of rotatable bonds is 6. The molecule has 0 aromatic heterocycles. The fraction of sp³-hybridized carbons (Fsp3) is 1.00. The normalized spacial score (nSPS) is 18.6. The average Bonchev–Trinajstić information content (AvgIpc) is 2.16. The van der Waals surface area contributed by atoms with Crippen molar-refractivity contribution in [3.63, 3.8) is 0 Å². The first-order valence-corrected chi connectivity index (χ1v) is 12.5. The first-order valence-electron chi connectivity index (χ1n) is 5.96. The van der Waals surface area contributed by atoms with Gasteiger partial charge in [-0.25, -0.2) is 0 Å². The second kappa shape index (κ2) is 7.04. The molecule has 0 aromatic carbocycles. The minimum absolute atomic E-state index is 0.912. The lowest BCUT2D eigenvalue weighted by Gasteiger charge is -2.44. The van der Waals surface area contributed by atoms with E-state index >= 15 is 0 Å². The van der Waals surface area contributed by atoms with Gasteiger partial charge in [-0.05, 0) is 61.9 Å². The number of hydrogen-bond acceptors (Lipinski definition) is 4. The Kier molecular flexibility index (Phi) is 7.26. The summed E-state index contributed by atoms with van der Waals surface area (Å²) in [7, 11) is 10.7. The molecule has 0 amide bonds. The predicted molar refractivity (Wildman–Crippen MR) is 81.9 cm³/mol. The van der Waals surface area contributed by atoms with Crippen molar-refractivity contribution in [2.45, 2.75) is 19.6 Å². The van der Waals surface area contributed by atoms with E-state index in [-0.39, 0.29) is 0 Å². The van der Waals surface area contributed by atoms with Crippen molar-refractivity contribution < 1.29 is 0 Å². The molecule has 0 aliphatic rings. The first kappa shape index (κ1) is 16.5. The molecule has 0 spiro atoms. The third kappa shape index (κ3) is 4.40. The molecule has 98 valence electrons. The van der Waals surface area contributed by atoms with E-state index < -0.39 is 27.4 Å². The minimum atomic E-state index is -0.912. The van der Waals surface area contributed by atoms with Gasteiger partial charge in [-0.1, -0.05) is 0 Å². The molecule has 3 atom stereocenters. The summed E-state index contributed by atoms with van der Waals surface area (Å²) < 4.78 is 10.3. The Labute approximate surface area is 107 Å². The lowest BCUT2D eigenvalue weighted by Crippen LogP contribution is -2.66. The van der Waals surface area contributed by atoms with Gasteiger partial charge in [0, 0.05) is 0 Å². The molecular formula is C9H30N4Si3. The summed E-state index contributed by atoms with van der Waals surface area (Å²) in [5.74, 6) is 0. The maximum absolute atomic E-state index is 2.92. The van der Waals surface area contributed by atoms with Gasteiger partial charge < -0.3 is 17.6 Å². The Balaban J connectivity index is 4.89. The van der Waals surface area contributed by atoms with Gasteiger partial charge in [-0.3, -0.25) is 0 Å². The third-order valence-corrected chi connectivity index (χ3v) is 18.4. The first-order chi connectivity index (χ1) is 7.20. The monoisotopic (exact) mass is 278 g/mol. The van der Waals surface area contributed by atoms with Crippen LogP contribution in [0.3, 0.4) is 0 Å². The van der Waals surface area contributed by atoms with Gasteiger partial charge >= 0.3 is 0 Å². The van der Waals surface area contributed by atoms with Crippen LogP contribution in [0.2, 0.25) is 19.6 Å². The molecule has 3 unspecified atom stereocenters. The van der Waals surface area contributed by atoms with Crippen LogP contribution in [-0.4, -0.2) is 87.2 Å². The molecule has 0 rings (SSSR count). The summed E-state index contributed by atoms with van der Waals surface area (Å²) in [6.45, 7) is 7.38. The van der Waals surface area contributed by atoms with E-state index in [1.54, 1.807) is 0 Å². The van der Waals surface area contributed by atoms with E-state index in [2.05, 4.69) is 79.5 Å². The highest BCUT2D eigenvalue weighted by atomic mass is 28.4. The summed E-state index contributed by atoms with van der Waals surface area (Å²) in [6, 6.07) is 0. The van der Waals surface area contributed by atoms with E-state index in [1.807, 2.05) is 0 Å². The van der Waals surface area contributed by atoms with Gasteiger partial charge in [-0.2, -0.15) is 0 Å². The van der Waals surface area contributed by atoms with Gasteiger partial charge in [0.1, 0.15) is 0 Å². The van der Waals surface area contributed by atoms with Crippen LogP contribution in [0.4, 0.5) is 0 Å².